The number of nitrogens with two attached hydrogens (primary N) is 1. The molecule has 2 heterocycles. The third-order valence-corrected chi connectivity index (χ3v) is 5.20. The summed E-state index contributed by atoms with van der Waals surface area (Å²) in [7, 11) is 0. The summed E-state index contributed by atoms with van der Waals surface area (Å²) in [6.07, 6.45) is 3.67. The first-order chi connectivity index (χ1) is 9.67. The standard InChI is InChI=1S/C14H21N5S/c1-8-3-4-10(7-9(8)2)16-12-11-5-6-20-13(11)18-14(17-12)19-15/h5-6,8-10H,3-4,7,15H2,1-2H3,(H2,16,17,18,19). The number of hydrogen-bond donors (Lipinski definition) is 3. The summed E-state index contributed by atoms with van der Waals surface area (Å²) >= 11 is 1.61. The van der Waals surface area contributed by atoms with Crippen LogP contribution in [0.5, 0.6) is 0 Å². The molecule has 5 nitrogen and oxygen atoms in total. The number of nitrogens with one attached hydrogen (secondary N) is 2. The Hall–Kier alpha value is -1.40. The van der Waals surface area contributed by atoms with E-state index in [0.29, 0.717) is 12.0 Å². The summed E-state index contributed by atoms with van der Waals surface area (Å²) in [5.41, 5.74) is 2.55. The first-order valence-electron chi connectivity index (χ1n) is 7.15. The van der Waals surface area contributed by atoms with E-state index in [0.717, 1.165) is 27.9 Å². The predicted molar refractivity (Wildman–Crippen MR) is 84.8 cm³/mol. The average molecular weight is 291 g/mol. The van der Waals surface area contributed by atoms with Crippen LogP contribution in [0.4, 0.5) is 11.8 Å². The fourth-order valence-corrected chi connectivity index (χ4v) is 3.67. The fourth-order valence-electron chi connectivity index (χ4n) is 2.90. The van der Waals surface area contributed by atoms with E-state index in [1.165, 1.54) is 19.3 Å². The van der Waals surface area contributed by atoms with Gasteiger partial charge in [-0.2, -0.15) is 4.98 Å². The molecular weight excluding hydrogens is 270 g/mol. The molecule has 0 amide bonds. The van der Waals surface area contributed by atoms with E-state index in [9.17, 15) is 0 Å². The maximum absolute atomic E-state index is 5.45. The van der Waals surface area contributed by atoms with Crippen LogP contribution in [0.3, 0.4) is 0 Å². The highest BCUT2D eigenvalue weighted by atomic mass is 32.1. The Kier molecular flexibility index (Phi) is 3.76. The lowest BCUT2D eigenvalue weighted by atomic mass is 9.79. The Morgan fingerprint density at radius 1 is 1.25 bits per heavy atom. The van der Waals surface area contributed by atoms with Crippen LogP contribution in [0.15, 0.2) is 11.4 Å². The van der Waals surface area contributed by atoms with Crippen molar-refractivity contribution in [2.24, 2.45) is 17.7 Å². The Balaban J connectivity index is 1.85. The largest absolute Gasteiger partial charge is 0.367 e. The predicted octanol–water partition coefficient (Wildman–Crippen LogP) is 3.21. The number of aromatic nitrogens is 2. The number of nitrogen functional groups attached to an aromatic ring is 1. The molecule has 4 N–H and O–H groups in total. The number of hydrogen-bond acceptors (Lipinski definition) is 6. The van der Waals surface area contributed by atoms with E-state index in [2.05, 4.69) is 40.6 Å². The van der Waals surface area contributed by atoms with E-state index in [4.69, 9.17) is 5.84 Å². The smallest absolute Gasteiger partial charge is 0.240 e. The van der Waals surface area contributed by atoms with Gasteiger partial charge in [0.25, 0.3) is 0 Å². The normalized spacial score (nSPS) is 26.6. The van der Waals surface area contributed by atoms with Crippen molar-refractivity contribution in [1.29, 1.82) is 0 Å². The van der Waals surface area contributed by atoms with Gasteiger partial charge in [-0.05, 0) is 42.5 Å². The van der Waals surface area contributed by atoms with Crippen LogP contribution in [0.1, 0.15) is 33.1 Å². The molecule has 3 rings (SSSR count). The lowest BCUT2D eigenvalue weighted by Gasteiger charge is -2.32. The van der Waals surface area contributed by atoms with E-state index < -0.39 is 0 Å². The first-order valence-corrected chi connectivity index (χ1v) is 8.03. The van der Waals surface area contributed by atoms with Crippen molar-refractivity contribution in [2.75, 3.05) is 10.7 Å². The van der Waals surface area contributed by atoms with Crippen LogP contribution >= 0.6 is 11.3 Å². The molecule has 3 atom stereocenters. The number of anilines is 2. The quantitative estimate of drug-likeness (QED) is 0.598. The van der Waals surface area contributed by atoms with Gasteiger partial charge in [-0.3, -0.25) is 5.43 Å². The van der Waals surface area contributed by atoms with Crippen molar-refractivity contribution in [3.8, 4) is 0 Å². The van der Waals surface area contributed by atoms with Gasteiger partial charge < -0.3 is 5.32 Å². The van der Waals surface area contributed by atoms with Gasteiger partial charge in [-0.25, -0.2) is 10.8 Å². The van der Waals surface area contributed by atoms with Crippen molar-refractivity contribution in [2.45, 2.75) is 39.2 Å². The van der Waals surface area contributed by atoms with Crippen LogP contribution in [-0.4, -0.2) is 16.0 Å². The number of thiophene rings is 1. The number of rotatable bonds is 3. The zero-order valence-electron chi connectivity index (χ0n) is 11.9. The molecule has 0 aliphatic heterocycles. The number of fused-ring (bicyclic) bond motifs is 1. The summed E-state index contributed by atoms with van der Waals surface area (Å²) in [6, 6.07) is 2.56. The minimum atomic E-state index is 0.472. The molecule has 20 heavy (non-hydrogen) atoms. The first kappa shape index (κ1) is 13.6. The fraction of sp³-hybridized carbons (Fsp3) is 0.571. The highest BCUT2D eigenvalue weighted by molar-refractivity contribution is 7.16. The van der Waals surface area contributed by atoms with Crippen LogP contribution in [0, 0.1) is 11.8 Å². The summed E-state index contributed by atoms with van der Waals surface area (Å²) in [5.74, 6) is 8.40. The Morgan fingerprint density at radius 3 is 2.85 bits per heavy atom. The van der Waals surface area contributed by atoms with E-state index in [1.54, 1.807) is 11.3 Å². The Labute approximate surface area is 123 Å². The van der Waals surface area contributed by atoms with Crippen molar-refractivity contribution >= 4 is 33.3 Å². The van der Waals surface area contributed by atoms with Crippen LogP contribution in [0.25, 0.3) is 10.2 Å². The van der Waals surface area contributed by atoms with Crippen LogP contribution in [0.2, 0.25) is 0 Å². The molecule has 0 bridgehead atoms. The molecule has 6 heteroatoms. The second-order valence-corrected chi connectivity index (χ2v) is 6.68. The molecule has 1 saturated carbocycles. The zero-order chi connectivity index (χ0) is 14.1. The molecule has 1 aliphatic carbocycles. The van der Waals surface area contributed by atoms with Gasteiger partial charge >= 0.3 is 0 Å². The second kappa shape index (κ2) is 5.54. The van der Waals surface area contributed by atoms with Crippen LogP contribution in [-0.2, 0) is 0 Å². The van der Waals surface area contributed by atoms with Crippen molar-refractivity contribution < 1.29 is 0 Å². The monoisotopic (exact) mass is 291 g/mol. The SMILES string of the molecule is CC1CCC(Nc2nc(NN)nc3sccc23)CC1C. The van der Waals surface area contributed by atoms with Crippen molar-refractivity contribution in [3.05, 3.63) is 11.4 Å². The van der Waals surface area contributed by atoms with Gasteiger partial charge in [0.2, 0.25) is 5.95 Å². The molecule has 1 aliphatic rings. The van der Waals surface area contributed by atoms with E-state index in [-0.39, 0.29) is 0 Å². The van der Waals surface area contributed by atoms with Gasteiger partial charge in [0, 0.05) is 6.04 Å². The van der Waals surface area contributed by atoms with Gasteiger partial charge in [-0.15, -0.1) is 11.3 Å². The van der Waals surface area contributed by atoms with Crippen molar-refractivity contribution in [3.63, 3.8) is 0 Å². The van der Waals surface area contributed by atoms with Gasteiger partial charge in [0.05, 0.1) is 5.39 Å². The minimum absolute atomic E-state index is 0.472. The third-order valence-electron chi connectivity index (χ3n) is 4.39. The highest BCUT2D eigenvalue weighted by Crippen LogP contribution is 2.33. The maximum atomic E-state index is 5.45. The molecule has 0 spiro atoms. The molecule has 2 aromatic heterocycles. The molecule has 0 radical (unpaired) electrons. The second-order valence-electron chi connectivity index (χ2n) is 5.79. The summed E-state index contributed by atoms with van der Waals surface area (Å²) in [6.45, 7) is 4.69. The molecule has 108 valence electrons. The van der Waals surface area contributed by atoms with Gasteiger partial charge in [0.1, 0.15) is 10.6 Å². The maximum Gasteiger partial charge on any atom is 0.240 e. The summed E-state index contributed by atoms with van der Waals surface area (Å²) in [4.78, 5) is 9.81. The van der Waals surface area contributed by atoms with Crippen molar-refractivity contribution in [1.82, 2.24) is 9.97 Å². The van der Waals surface area contributed by atoms with E-state index in [1.807, 2.05) is 5.38 Å². The molecule has 0 saturated heterocycles. The summed E-state index contributed by atoms with van der Waals surface area (Å²) in [5, 5.41) is 6.72. The topological polar surface area (TPSA) is 75.9 Å². The lowest BCUT2D eigenvalue weighted by Crippen LogP contribution is -2.30. The van der Waals surface area contributed by atoms with E-state index >= 15 is 0 Å². The average Bonchev–Trinajstić information content (AvgIpc) is 2.91. The Morgan fingerprint density at radius 2 is 2.10 bits per heavy atom. The lowest BCUT2D eigenvalue weighted by molar-refractivity contribution is 0.260. The zero-order valence-corrected chi connectivity index (χ0v) is 12.7. The highest BCUT2D eigenvalue weighted by Gasteiger charge is 2.25. The number of hydrazine groups is 1. The summed E-state index contributed by atoms with van der Waals surface area (Å²) < 4.78 is 0. The Bertz CT molecular complexity index is 596. The molecule has 1 fully saturated rings. The molecule has 3 unspecified atom stereocenters. The molecule has 0 aromatic carbocycles. The van der Waals surface area contributed by atoms with Crippen LogP contribution < -0.4 is 16.6 Å². The number of nitrogens with zero attached hydrogens (tertiary/aromatic N) is 2. The van der Waals surface area contributed by atoms with Gasteiger partial charge in [0.15, 0.2) is 0 Å². The minimum Gasteiger partial charge on any atom is -0.367 e. The molecular formula is C14H21N5S. The third kappa shape index (κ3) is 2.58. The molecule has 2 aromatic rings. The van der Waals surface area contributed by atoms with Gasteiger partial charge in [-0.1, -0.05) is 13.8 Å².